The molecule has 0 saturated heterocycles. The van der Waals surface area contributed by atoms with Crippen molar-refractivity contribution in [1.29, 1.82) is 0 Å². The van der Waals surface area contributed by atoms with Crippen LogP contribution in [0.25, 0.3) is 0 Å². The molecule has 1 aromatic rings. The smallest absolute Gasteiger partial charge is 0.373 e. The molecule has 0 amide bonds. The van der Waals surface area contributed by atoms with Gasteiger partial charge >= 0.3 is 7.05 Å². The maximum Gasteiger partial charge on any atom is 0.373 e. The molecule has 9 heteroatoms. The van der Waals surface area contributed by atoms with Gasteiger partial charge in [0, 0.05) is 13.1 Å². The fourth-order valence-corrected chi connectivity index (χ4v) is 1.22. The van der Waals surface area contributed by atoms with Gasteiger partial charge in [-0.15, -0.1) is 0 Å². The molecule has 1 aromatic heterocycles. The third-order valence-electron chi connectivity index (χ3n) is 1.43. The maximum absolute atomic E-state index is 8.92. The normalized spacial score (nSPS) is 10.1. The minimum atomic E-state index is -0.544. The van der Waals surface area contributed by atoms with Gasteiger partial charge in [-0.1, -0.05) is 0 Å². The summed E-state index contributed by atoms with van der Waals surface area (Å²) in [6.45, 7) is 2.75. The van der Waals surface area contributed by atoms with Crippen LogP contribution in [0.5, 0.6) is 0 Å². The molecule has 0 aromatic carbocycles. The number of hydrogen-bond acceptors (Lipinski definition) is 6. The summed E-state index contributed by atoms with van der Waals surface area (Å²) in [6, 6.07) is 0. The summed E-state index contributed by atoms with van der Waals surface area (Å²) in [5, 5.41) is 14.7. The SMILES string of the molecule is CB(O)NCCNc1nc(Cl)nc(Cl)n1. The Kier molecular flexibility index (Phi) is 5.03. The summed E-state index contributed by atoms with van der Waals surface area (Å²) in [7, 11) is -0.544. The Labute approximate surface area is 97.6 Å². The quantitative estimate of drug-likeness (QED) is 0.514. The van der Waals surface area contributed by atoms with E-state index >= 15 is 0 Å². The Morgan fingerprint density at radius 3 is 2.33 bits per heavy atom. The van der Waals surface area contributed by atoms with E-state index in [9.17, 15) is 0 Å². The first kappa shape index (κ1) is 12.4. The van der Waals surface area contributed by atoms with E-state index in [1.54, 1.807) is 6.82 Å². The summed E-state index contributed by atoms with van der Waals surface area (Å²) in [5.41, 5.74) is 0. The van der Waals surface area contributed by atoms with E-state index in [0.29, 0.717) is 19.0 Å². The minimum Gasteiger partial charge on any atom is -0.437 e. The lowest BCUT2D eigenvalue weighted by atomic mass is 9.89. The third kappa shape index (κ3) is 5.13. The topological polar surface area (TPSA) is 83.0 Å². The molecule has 0 unspecified atom stereocenters. The highest BCUT2D eigenvalue weighted by Gasteiger charge is 2.03. The van der Waals surface area contributed by atoms with Crippen LogP contribution in [0.15, 0.2) is 0 Å². The van der Waals surface area contributed by atoms with Crippen LogP contribution in [0.4, 0.5) is 5.95 Å². The molecule has 6 nitrogen and oxygen atoms in total. The van der Waals surface area contributed by atoms with Crippen LogP contribution in [0.2, 0.25) is 17.4 Å². The summed E-state index contributed by atoms with van der Waals surface area (Å²) >= 11 is 11.1. The molecule has 0 bridgehead atoms. The second-order valence-electron chi connectivity index (χ2n) is 2.75. The predicted octanol–water partition coefficient (Wildman–Crippen LogP) is 0.290. The molecule has 0 aliphatic heterocycles. The zero-order valence-electron chi connectivity index (χ0n) is 8.04. The van der Waals surface area contributed by atoms with E-state index in [0.717, 1.165) is 0 Å². The van der Waals surface area contributed by atoms with Gasteiger partial charge in [0.2, 0.25) is 16.5 Å². The van der Waals surface area contributed by atoms with Gasteiger partial charge in [-0.3, -0.25) is 0 Å². The molecule has 1 rings (SSSR count). The zero-order chi connectivity index (χ0) is 11.3. The molecule has 1 heterocycles. The van der Waals surface area contributed by atoms with Crippen LogP contribution in [-0.4, -0.2) is 40.1 Å². The van der Waals surface area contributed by atoms with Gasteiger partial charge in [-0.2, -0.15) is 15.0 Å². The van der Waals surface area contributed by atoms with Crippen molar-refractivity contribution in [2.75, 3.05) is 18.4 Å². The van der Waals surface area contributed by atoms with E-state index in [-0.39, 0.29) is 10.6 Å². The Hall–Kier alpha value is -0.625. The number of nitrogens with one attached hydrogen (secondary N) is 2. The molecule has 0 aliphatic carbocycles. The lowest BCUT2D eigenvalue weighted by molar-refractivity contribution is 0.556. The molecule has 0 atom stereocenters. The van der Waals surface area contributed by atoms with Gasteiger partial charge in [0.05, 0.1) is 0 Å². The largest absolute Gasteiger partial charge is 0.437 e. The zero-order valence-corrected chi connectivity index (χ0v) is 9.55. The number of aromatic nitrogens is 3. The van der Waals surface area contributed by atoms with Crippen molar-refractivity contribution in [2.45, 2.75) is 6.82 Å². The highest BCUT2D eigenvalue weighted by molar-refractivity contribution is 6.45. The van der Waals surface area contributed by atoms with Crippen LogP contribution in [-0.2, 0) is 0 Å². The average molecular weight is 250 g/mol. The number of rotatable bonds is 5. The molecule has 0 radical (unpaired) electrons. The number of hydrogen-bond donors (Lipinski definition) is 3. The molecule has 3 N–H and O–H groups in total. The molecule has 0 spiro atoms. The lowest BCUT2D eigenvalue weighted by Crippen LogP contribution is -2.34. The third-order valence-corrected chi connectivity index (χ3v) is 1.77. The van der Waals surface area contributed by atoms with Crippen molar-refractivity contribution < 1.29 is 5.02 Å². The monoisotopic (exact) mass is 249 g/mol. The van der Waals surface area contributed by atoms with Gasteiger partial charge in [0.1, 0.15) is 0 Å². The Bertz CT molecular complexity index is 306. The molecule has 15 heavy (non-hydrogen) atoms. The summed E-state index contributed by atoms with van der Waals surface area (Å²) in [4.78, 5) is 11.2. The first-order valence-corrected chi connectivity index (χ1v) is 5.06. The van der Waals surface area contributed by atoms with Crippen molar-refractivity contribution in [1.82, 2.24) is 20.2 Å². The Morgan fingerprint density at radius 1 is 1.20 bits per heavy atom. The van der Waals surface area contributed by atoms with E-state index in [2.05, 4.69) is 25.5 Å². The fourth-order valence-electron chi connectivity index (χ4n) is 0.860. The van der Waals surface area contributed by atoms with Crippen LogP contribution >= 0.6 is 23.2 Å². The van der Waals surface area contributed by atoms with Crippen molar-refractivity contribution >= 4 is 36.2 Å². The molecule has 0 saturated carbocycles. The highest BCUT2D eigenvalue weighted by Crippen LogP contribution is 2.08. The summed E-state index contributed by atoms with van der Waals surface area (Å²) < 4.78 is 0. The van der Waals surface area contributed by atoms with Crippen LogP contribution in [0.1, 0.15) is 0 Å². The van der Waals surface area contributed by atoms with E-state index in [1.165, 1.54) is 0 Å². The number of halogens is 2. The number of anilines is 1. The van der Waals surface area contributed by atoms with Gasteiger partial charge in [0.15, 0.2) is 0 Å². The van der Waals surface area contributed by atoms with E-state index in [1.807, 2.05) is 0 Å². The molecular weight excluding hydrogens is 240 g/mol. The molecular formula is C6H10BCl2N5O. The standard InChI is InChI=1S/C6H10BCl2N5O/c1-7(15)11-3-2-10-6-13-4(8)12-5(9)14-6/h11,15H,2-3H2,1H3,(H,10,12,13,14). The predicted molar refractivity (Wildman–Crippen MR) is 60.2 cm³/mol. The number of nitrogens with zero attached hydrogens (tertiary/aromatic N) is 3. The van der Waals surface area contributed by atoms with Crippen LogP contribution in [0, 0.1) is 0 Å². The van der Waals surface area contributed by atoms with Gasteiger partial charge in [-0.05, 0) is 30.0 Å². The van der Waals surface area contributed by atoms with Gasteiger partial charge < -0.3 is 15.6 Å². The maximum atomic E-state index is 8.92. The molecule has 0 aliphatic rings. The highest BCUT2D eigenvalue weighted by atomic mass is 35.5. The lowest BCUT2D eigenvalue weighted by Gasteiger charge is -2.06. The van der Waals surface area contributed by atoms with Gasteiger partial charge in [-0.25, -0.2) is 0 Å². The summed E-state index contributed by atoms with van der Waals surface area (Å²) in [5.74, 6) is 0.312. The van der Waals surface area contributed by atoms with Gasteiger partial charge in [0.25, 0.3) is 0 Å². The second kappa shape index (κ2) is 6.07. The van der Waals surface area contributed by atoms with Crippen molar-refractivity contribution in [3.63, 3.8) is 0 Å². The molecule has 0 fully saturated rings. The first-order valence-electron chi connectivity index (χ1n) is 4.30. The Balaban J connectivity index is 2.37. The fraction of sp³-hybridized carbons (Fsp3) is 0.500. The average Bonchev–Trinajstić information content (AvgIpc) is 2.10. The second-order valence-corrected chi connectivity index (χ2v) is 3.43. The van der Waals surface area contributed by atoms with E-state index in [4.69, 9.17) is 28.2 Å². The molecule has 82 valence electrons. The van der Waals surface area contributed by atoms with Crippen LogP contribution in [0.3, 0.4) is 0 Å². The van der Waals surface area contributed by atoms with Crippen molar-refractivity contribution in [3.8, 4) is 0 Å². The van der Waals surface area contributed by atoms with Crippen LogP contribution < -0.4 is 10.5 Å². The van der Waals surface area contributed by atoms with E-state index < -0.39 is 7.05 Å². The summed E-state index contributed by atoms with van der Waals surface area (Å²) in [6.07, 6.45) is 0. The Morgan fingerprint density at radius 2 is 1.80 bits per heavy atom. The van der Waals surface area contributed by atoms with Crippen molar-refractivity contribution in [3.05, 3.63) is 10.6 Å². The minimum absolute atomic E-state index is 0.0426. The first-order chi connectivity index (χ1) is 7.08. The van der Waals surface area contributed by atoms with Crippen molar-refractivity contribution in [2.24, 2.45) is 0 Å².